The summed E-state index contributed by atoms with van der Waals surface area (Å²) in [6.45, 7) is 4.47. The van der Waals surface area contributed by atoms with E-state index in [0.717, 1.165) is 5.56 Å². The standard InChI is InChI=1S/C14H20N6O/c1-9(2)13-16-7-11(15-3)12(19-13)14(21)20(4)8-10-5-17-18-6-10/h5-7,9,15H,8H2,1-4H3,(H,17,18). The van der Waals surface area contributed by atoms with Gasteiger partial charge in [0.25, 0.3) is 5.91 Å². The Morgan fingerprint density at radius 2 is 2.19 bits per heavy atom. The summed E-state index contributed by atoms with van der Waals surface area (Å²) in [4.78, 5) is 22.9. The first-order valence-electron chi connectivity index (χ1n) is 6.80. The minimum Gasteiger partial charge on any atom is -0.385 e. The van der Waals surface area contributed by atoms with Gasteiger partial charge in [0.15, 0.2) is 5.69 Å². The van der Waals surface area contributed by atoms with Crippen molar-refractivity contribution in [1.82, 2.24) is 25.1 Å². The first-order chi connectivity index (χ1) is 10.0. The molecule has 0 radical (unpaired) electrons. The third kappa shape index (κ3) is 3.36. The molecule has 2 aromatic rings. The number of aromatic nitrogens is 4. The van der Waals surface area contributed by atoms with Crippen LogP contribution in [0.5, 0.6) is 0 Å². The van der Waals surface area contributed by atoms with Crippen molar-refractivity contribution in [1.29, 1.82) is 0 Å². The Morgan fingerprint density at radius 1 is 1.43 bits per heavy atom. The maximum atomic E-state index is 12.6. The molecular weight excluding hydrogens is 268 g/mol. The van der Waals surface area contributed by atoms with Crippen LogP contribution in [0.4, 0.5) is 5.69 Å². The summed E-state index contributed by atoms with van der Waals surface area (Å²) in [7, 11) is 3.49. The maximum absolute atomic E-state index is 12.6. The predicted molar refractivity (Wildman–Crippen MR) is 80.1 cm³/mol. The van der Waals surface area contributed by atoms with Crippen LogP contribution in [0.1, 0.15) is 41.6 Å². The van der Waals surface area contributed by atoms with Gasteiger partial charge in [0, 0.05) is 38.3 Å². The highest BCUT2D eigenvalue weighted by molar-refractivity contribution is 5.97. The van der Waals surface area contributed by atoms with Crippen LogP contribution in [-0.4, -0.2) is 45.1 Å². The fourth-order valence-electron chi connectivity index (χ4n) is 1.91. The Kier molecular flexibility index (Phi) is 4.52. The minimum absolute atomic E-state index is 0.148. The van der Waals surface area contributed by atoms with E-state index in [-0.39, 0.29) is 11.8 Å². The van der Waals surface area contributed by atoms with E-state index in [1.165, 1.54) is 0 Å². The third-order valence-electron chi connectivity index (χ3n) is 3.12. The van der Waals surface area contributed by atoms with E-state index in [9.17, 15) is 4.79 Å². The van der Waals surface area contributed by atoms with Crippen LogP contribution >= 0.6 is 0 Å². The second-order valence-electron chi connectivity index (χ2n) is 5.16. The largest absolute Gasteiger partial charge is 0.385 e. The van der Waals surface area contributed by atoms with Gasteiger partial charge in [-0.15, -0.1) is 0 Å². The molecule has 0 fully saturated rings. The van der Waals surface area contributed by atoms with Crippen LogP contribution in [0.3, 0.4) is 0 Å². The van der Waals surface area contributed by atoms with Gasteiger partial charge in [0.2, 0.25) is 0 Å². The Bertz CT molecular complexity index is 608. The lowest BCUT2D eigenvalue weighted by Gasteiger charge is -2.18. The van der Waals surface area contributed by atoms with Crippen LogP contribution in [0.2, 0.25) is 0 Å². The van der Waals surface area contributed by atoms with Gasteiger partial charge < -0.3 is 10.2 Å². The molecule has 112 valence electrons. The molecule has 7 nitrogen and oxygen atoms in total. The van der Waals surface area contributed by atoms with E-state index >= 15 is 0 Å². The third-order valence-corrected chi connectivity index (χ3v) is 3.12. The van der Waals surface area contributed by atoms with Gasteiger partial charge in [0.05, 0.1) is 18.1 Å². The molecule has 2 rings (SSSR count). The van der Waals surface area contributed by atoms with E-state index in [1.807, 2.05) is 13.8 Å². The number of hydrogen-bond donors (Lipinski definition) is 2. The summed E-state index contributed by atoms with van der Waals surface area (Å²) >= 11 is 0. The Labute approximate surface area is 123 Å². The molecule has 0 aliphatic heterocycles. The number of rotatable bonds is 5. The number of amides is 1. The van der Waals surface area contributed by atoms with Gasteiger partial charge in [-0.1, -0.05) is 13.8 Å². The lowest BCUT2D eigenvalue weighted by atomic mass is 10.2. The van der Waals surface area contributed by atoms with Crippen molar-refractivity contribution in [3.8, 4) is 0 Å². The van der Waals surface area contributed by atoms with Crippen LogP contribution in [0.25, 0.3) is 0 Å². The van der Waals surface area contributed by atoms with E-state index < -0.39 is 0 Å². The topological polar surface area (TPSA) is 86.8 Å². The number of anilines is 1. The SMILES string of the molecule is CNc1cnc(C(C)C)nc1C(=O)N(C)Cc1cn[nH]c1. The van der Waals surface area contributed by atoms with E-state index in [0.29, 0.717) is 23.8 Å². The Hall–Kier alpha value is -2.44. The zero-order valence-electron chi connectivity index (χ0n) is 12.7. The summed E-state index contributed by atoms with van der Waals surface area (Å²) in [6, 6.07) is 0. The first-order valence-corrected chi connectivity index (χ1v) is 6.80. The summed E-state index contributed by atoms with van der Waals surface area (Å²) in [5.41, 5.74) is 1.96. The minimum atomic E-state index is -0.148. The Morgan fingerprint density at radius 3 is 2.76 bits per heavy atom. The highest BCUT2D eigenvalue weighted by Gasteiger charge is 2.19. The highest BCUT2D eigenvalue weighted by Crippen LogP contribution is 2.18. The maximum Gasteiger partial charge on any atom is 0.274 e. The van der Waals surface area contributed by atoms with Crippen LogP contribution in [-0.2, 0) is 6.54 Å². The molecule has 0 saturated carbocycles. The molecule has 7 heteroatoms. The van der Waals surface area contributed by atoms with Gasteiger partial charge >= 0.3 is 0 Å². The molecule has 21 heavy (non-hydrogen) atoms. The molecule has 0 unspecified atom stereocenters. The number of nitrogens with one attached hydrogen (secondary N) is 2. The number of carbonyl (C=O) groups is 1. The molecule has 2 heterocycles. The van der Waals surface area contributed by atoms with Crippen LogP contribution < -0.4 is 5.32 Å². The second kappa shape index (κ2) is 6.34. The second-order valence-corrected chi connectivity index (χ2v) is 5.16. The number of carbonyl (C=O) groups excluding carboxylic acids is 1. The predicted octanol–water partition coefficient (Wildman–Crippen LogP) is 1.64. The van der Waals surface area contributed by atoms with Crippen molar-refractivity contribution in [3.63, 3.8) is 0 Å². The molecule has 1 amide bonds. The fourth-order valence-corrected chi connectivity index (χ4v) is 1.91. The molecular formula is C14H20N6O. The lowest BCUT2D eigenvalue weighted by Crippen LogP contribution is -2.28. The van der Waals surface area contributed by atoms with Gasteiger partial charge in [-0.3, -0.25) is 9.89 Å². The molecule has 0 spiro atoms. The normalized spacial score (nSPS) is 10.7. The average Bonchev–Trinajstić information content (AvgIpc) is 2.98. The van der Waals surface area contributed by atoms with E-state index in [1.54, 1.807) is 37.6 Å². The van der Waals surface area contributed by atoms with Gasteiger partial charge in [-0.05, 0) is 0 Å². The van der Waals surface area contributed by atoms with E-state index in [4.69, 9.17) is 0 Å². The average molecular weight is 288 g/mol. The van der Waals surface area contributed by atoms with Gasteiger partial charge in [-0.2, -0.15) is 5.10 Å². The molecule has 0 bridgehead atoms. The smallest absolute Gasteiger partial charge is 0.274 e. The zero-order chi connectivity index (χ0) is 15.4. The summed E-state index contributed by atoms with van der Waals surface area (Å²) in [5.74, 6) is 0.681. The van der Waals surface area contributed by atoms with Crippen molar-refractivity contribution in [2.24, 2.45) is 0 Å². The van der Waals surface area contributed by atoms with Crippen molar-refractivity contribution < 1.29 is 4.79 Å². The van der Waals surface area contributed by atoms with Crippen LogP contribution in [0, 0.1) is 0 Å². The van der Waals surface area contributed by atoms with Crippen molar-refractivity contribution >= 4 is 11.6 Å². The summed E-state index contributed by atoms with van der Waals surface area (Å²) in [5, 5.41) is 9.58. The molecule has 2 N–H and O–H groups in total. The first kappa shape index (κ1) is 15.0. The quantitative estimate of drug-likeness (QED) is 0.873. The number of aromatic amines is 1. The summed E-state index contributed by atoms with van der Waals surface area (Å²) in [6.07, 6.45) is 5.12. The Balaban J connectivity index is 2.26. The molecule has 0 atom stereocenters. The summed E-state index contributed by atoms with van der Waals surface area (Å²) < 4.78 is 0. The number of nitrogens with zero attached hydrogens (tertiary/aromatic N) is 4. The highest BCUT2D eigenvalue weighted by atomic mass is 16.2. The molecule has 0 aliphatic rings. The van der Waals surface area contributed by atoms with E-state index in [2.05, 4.69) is 25.5 Å². The van der Waals surface area contributed by atoms with Crippen molar-refractivity contribution in [3.05, 3.63) is 35.7 Å². The molecule has 0 aromatic carbocycles. The molecule has 2 aromatic heterocycles. The van der Waals surface area contributed by atoms with Crippen molar-refractivity contribution in [2.45, 2.75) is 26.3 Å². The lowest BCUT2D eigenvalue weighted by molar-refractivity contribution is 0.0780. The fraction of sp³-hybridized carbons (Fsp3) is 0.429. The molecule has 0 aliphatic carbocycles. The number of H-pyrrole nitrogens is 1. The van der Waals surface area contributed by atoms with Gasteiger partial charge in [-0.25, -0.2) is 9.97 Å². The van der Waals surface area contributed by atoms with Gasteiger partial charge in [0.1, 0.15) is 5.82 Å². The molecule has 0 saturated heterocycles. The van der Waals surface area contributed by atoms with Crippen molar-refractivity contribution in [2.75, 3.05) is 19.4 Å². The zero-order valence-corrected chi connectivity index (χ0v) is 12.7. The monoisotopic (exact) mass is 288 g/mol. The number of hydrogen-bond acceptors (Lipinski definition) is 5. The van der Waals surface area contributed by atoms with Crippen LogP contribution in [0.15, 0.2) is 18.6 Å².